The summed E-state index contributed by atoms with van der Waals surface area (Å²) in [5, 5.41) is 0. The first-order valence-corrected chi connectivity index (χ1v) is 7.43. The van der Waals surface area contributed by atoms with E-state index in [9.17, 15) is 4.79 Å². The molecule has 0 fully saturated rings. The molecule has 0 amide bonds. The summed E-state index contributed by atoms with van der Waals surface area (Å²) >= 11 is 3.31. The fraction of sp³-hybridized carbons (Fsp3) is 0.125. The Kier molecular flexibility index (Phi) is 5.94. The van der Waals surface area contributed by atoms with E-state index in [1.165, 1.54) is 5.48 Å². The second-order valence-electron chi connectivity index (χ2n) is 4.57. The number of methoxy groups -OCH3 is 1. The van der Waals surface area contributed by atoms with E-state index in [-0.39, 0.29) is 0 Å². The lowest BCUT2D eigenvalue weighted by molar-refractivity contribution is -0.860. The fourth-order valence-electron chi connectivity index (χ4n) is 1.93. The highest BCUT2D eigenvalue weighted by Crippen LogP contribution is 2.19. The SMILES string of the molecule is COc1ccccc1C[C-](N)[NH2+]OC(=O)c1ccccc1Br. The van der Waals surface area contributed by atoms with Crippen molar-refractivity contribution in [3.05, 3.63) is 70.3 Å². The molecule has 4 N–H and O–H groups in total. The molecule has 2 rings (SSSR count). The van der Waals surface area contributed by atoms with E-state index in [1.54, 1.807) is 25.3 Å². The molecule has 0 aliphatic carbocycles. The van der Waals surface area contributed by atoms with Gasteiger partial charge in [-0.05, 0) is 45.9 Å². The zero-order chi connectivity index (χ0) is 15.9. The molecule has 5 nitrogen and oxygen atoms in total. The summed E-state index contributed by atoms with van der Waals surface area (Å²) in [4.78, 5) is 17.1. The Hall–Kier alpha value is -1.89. The van der Waals surface area contributed by atoms with E-state index in [0.29, 0.717) is 22.6 Å². The van der Waals surface area contributed by atoms with Crippen LogP contribution in [-0.2, 0) is 11.3 Å². The molecular weight excluding hydrogens is 348 g/mol. The van der Waals surface area contributed by atoms with Crippen LogP contribution in [-0.4, -0.2) is 13.1 Å². The van der Waals surface area contributed by atoms with Gasteiger partial charge in [0.05, 0.1) is 12.7 Å². The molecule has 0 spiro atoms. The molecule has 0 bridgehead atoms. The molecule has 0 unspecified atom stereocenters. The third-order valence-electron chi connectivity index (χ3n) is 3.00. The number of nitrogens with two attached hydrogens (primary N) is 2. The van der Waals surface area contributed by atoms with Crippen LogP contribution in [0.4, 0.5) is 0 Å². The zero-order valence-corrected chi connectivity index (χ0v) is 13.7. The van der Waals surface area contributed by atoms with Crippen LogP contribution < -0.4 is 16.0 Å². The van der Waals surface area contributed by atoms with Gasteiger partial charge in [-0.2, -0.15) is 0 Å². The lowest BCUT2D eigenvalue weighted by Gasteiger charge is -2.21. The number of para-hydroxylation sites is 1. The minimum Gasteiger partial charge on any atom is -0.497 e. The summed E-state index contributed by atoms with van der Waals surface area (Å²) in [6, 6.07) is 14.6. The molecular formula is C16H17BrN2O3. The molecule has 0 radical (unpaired) electrons. The first-order valence-electron chi connectivity index (χ1n) is 6.63. The van der Waals surface area contributed by atoms with Crippen LogP contribution in [0.15, 0.2) is 53.0 Å². The molecule has 0 saturated carbocycles. The van der Waals surface area contributed by atoms with Gasteiger partial charge in [-0.3, -0.25) is 5.48 Å². The number of rotatable bonds is 6. The lowest BCUT2D eigenvalue weighted by atomic mass is 10.1. The van der Waals surface area contributed by atoms with Crippen LogP contribution >= 0.6 is 15.9 Å². The Bertz CT molecular complexity index is 649. The molecule has 2 aromatic rings. The maximum absolute atomic E-state index is 12.0. The standard InChI is InChI=1S/C16H17BrN2O3/c1-21-14-9-5-2-6-11(14)10-15(18)19-22-16(20)12-7-3-4-8-13(12)17/h2-9H,10,18-19H2,1H3. The number of quaternary nitrogens is 1. The Balaban J connectivity index is 1.91. The average molecular weight is 365 g/mol. The van der Waals surface area contributed by atoms with E-state index < -0.39 is 5.97 Å². The molecule has 0 atom stereocenters. The van der Waals surface area contributed by atoms with Gasteiger partial charge in [-0.15, -0.1) is 0 Å². The number of benzene rings is 2. The van der Waals surface area contributed by atoms with Crippen molar-refractivity contribution in [1.82, 2.24) is 0 Å². The highest BCUT2D eigenvalue weighted by molar-refractivity contribution is 9.10. The Morgan fingerprint density at radius 3 is 2.64 bits per heavy atom. The van der Waals surface area contributed by atoms with E-state index in [1.807, 2.05) is 30.3 Å². The fourth-order valence-corrected chi connectivity index (χ4v) is 2.38. The lowest BCUT2D eigenvalue weighted by Crippen LogP contribution is -2.88. The molecule has 2 aromatic carbocycles. The van der Waals surface area contributed by atoms with Crippen molar-refractivity contribution < 1.29 is 19.8 Å². The summed E-state index contributed by atoms with van der Waals surface area (Å²) in [6.45, 7) is 0. The number of hydrogen-bond donors (Lipinski definition) is 2. The van der Waals surface area contributed by atoms with Crippen molar-refractivity contribution >= 4 is 21.9 Å². The topological polar surface area (TPSA) is 78.2 Å². The van der Waals surface area contributed by atoms with Crippen molar-refractivity contribution in [2.45, 2.75) is 6.42 Å². The molecule has 0 aromatic heterocycles. The van der Waals surface area contributed by atoms with E-state index in [2.05, 4.69) is 15.9 Å². The van der Waals surface area contributed by atoms with Crippen molar-refractivity contribution in [3.8, 4) is 5.75 Å². The van der Waals surface area contributed by atoms with Gasteiger partial charge in [0.25, 0.3) is 0 Å². The Morgan fingerprint density at radius 1 is 1.23 bits per heavy atom. The Labute approximate surface area is 137 Å². The Morgan fingerprint density at radius 2 is 1.91 bits per heavy atom. The van der Waals surface area contributed by atoms with Crippen LogP contribution in [0.5, 0.6) is 5.75 Å². The van der Waals surface area contributed by atoms with Crippen LogP contribution in [0.2, 0.25) is 0 Å². The quantitative estimate of drug-likeness (QED) is 0.604. The predicted octanol–water partition coefficient (Wildman–Crippen LogP) is 1.78. The van der Waals surface area contributed by atoms with Crippen LogP contribution in [0.3, 0.4) is 0 Å². The number of hydroxylamine groups is 1. The molecule has 0 aliphatic heterocycles. The van der Waals surface area contributed by atoms with Crippen LogP contribution in [0.1, 0.15) is 15.9 Å². The van der Waals surface area contributed by atoms with Crippen LogP contribution in [0.25, 0.3) is 0 Å². The number of carbonyl (C=O) groups is 1. The summed E-state index contributed by atoms with van der Waals surface area (Å²) in [5.74, 6) is 0.284. The van der Waals surface area contributed by atoms with Gasteiger partial charge >= 0.3 is 5.97 Å². The molecule has 0 aliphatic rings. The van der Waals surface area contributed by atoms with Gasteiger partial charge in [0.2, 0.25) is 0 Å². The maximum Gasteiger partial charge on any atom is 0.394 e. The van der Waals surface area contributed by atoms with Crippen molar-refractivity contribution in [3.63, 3.8) is 0 Å². The van der Waals surface area contributed by atoms with Gasteiger partial charge in [0.15, 0.2) is 0 Å². The van der Waals surface area contributed by atoms with Gasteiger partial charge in [-0.25, -0.2) is 4.79 Å². The monoisotopic (exact) mass is 364 g/mol. The van der Waals surface area contributed by atoms with Gasteiger partial charge < -0.3 is 15.3 Å². The summed E-state index contributed by atoms with van der Waals surface area (Å²) in [6.07, 6.45) is 0.873. The number of ether oxygens (including phenoxy) is 1. The summed E-state index contributed by atoms with van der Waals surface area (Å²) < 4.78 is 5.94. The van der Waals surface area contributed by atoms with Crippen molar-refractivity contribution in [2.75, 3.05) is 7.11 Å². The van der Waals surface area contributed by atoms with Crippen molar-refractivity contribution in [2.24, 2.45) is 5.73 Å². The number of halogens is 1. The summed E-state index contributed by atoms with van der Waals surface area (Å²) in [5.41, 5.74) is 8.56. The maximum atomic E-state index is 12.0. The zero-order valence-electron chi connectivity index (χ0n) is 12.1. The second kappa shape index (κ2) is 7.93. The number of hydrogen-bond acceptors (Lipinski definition) is 4. The molecule has 6 heteroatoms. The van der Waals surface area contributed by atoms with Crippen molar-refractivity contribution in [1.29, 1.82) is 0 Å². The minimum atomic E-state index is -0.463. The average Bonchev–Trinajstić information content (AvgIpc) is 2.53. The highest BCUT2D eigenvalue weighted by Gasteiger charge is 2.13. The largest absolute Gasteiger partial charge is 0.497 e. The number of carbonyl (C=O) groups excluding carboxylic acids is 1. The molecule has 0 heterocycles. The first-order chi connectivity index (χ1) is 10.6. The molecule has 22 heavy (non-hydrogen) atoms. The highest BCUT2D eigenvalue weighted by atomic mass is 79.9. The smallest absolute Gasteiger partial charge is 0.394 e. The predicted molar refractivity (Wildman–Crippen MR) is 85.6 cm³/mol. The molecule has 116 valence electrons. The van der Waals surface area contributed by atoms with Gasteiger partial charge in [0, 0.05) is 4.47 Å². The van der Waals surface area contributed by atoms with E-state index in [4.69, 9.17) is 15.3 Å². The summed E-state index contributed by atoms with van der Waals surface area (Å²) in [7, 11) is 1.60. The van der Waals surface area contributed by atoms with Gasteiger partial charge in [-0.1, -0.05) is 36.8 Å². The van der Waals surface area contributed by atoms with Crippen LogP contribution in [0, 0.1) is 6.17 Å². The molecule has 0 saturated heterocycles. The second-order valence-corrected chi connectivity index (χ2v) is 5.42. The normalized spacial score (nSPS) is 10.5. The minimum absolute atomic E-state index is 0.435. The third-order valence-corrected chi connectivity index (χ3v) is 3.69. The van der Waals surface area contributed by atoms with Gasteiger partial charge in [0.1, 0.15) is 5.75 Å². The first kappa shape index (κ1) is 16.5. The van der Waals surface area contributed by atoms with E-state index >= 15 is 0 Å². The van der Waals surface area contributed by atoms with E-state index in [0.717, 1.165) is 11.3 Å². The third kappa shape index (κ3) is 4.30.